The smallest absolute Gasteiger partial charge is 0.319 e. The molecule has 3 N–H and O–H groups in total. The van der Waals surface area contributed by atoms with Gasteiger partial charge in [0.2, 0.25) is 0 Å². The van der Waals surface area contributed by atoms with Gasteiger partial charge in [-0.25, -0.2) is 13.8 Å². The fourth-order valence-corrected chi connectivity index (χ4v) is 3.24. The zero-order valence-electron chi connectivity index (χ0n) is 11.9. The molecule has 22 heavy (non-hydrogen) atoms. The van der Waals surface area contributed by atoms with Crippen LogP contribution in [0.5, 0.6) is 0 Å². The number of rotatable bonds is 2. The van der Waals surface area contributed by atoms with E-state index in [0.717, 1.165) is 0 Å². The van der Waals surface area contributed by atoms with Crippen molar-refractivity contribution < 1.29 is 9.00 Å². The van der Waals surface area contributed by atoms with Crippen molar-refractivity contribution in [3.63, 3.8) is 0 Å². The Kier molecular flexibility index (Phi) is 3.89. The molecule has 1 aromatic rings. The minimum absolute atomic E-state index is 0.138. The predicted molar refractivity (Wildman–Crippen MR) is 78.9 cm³/mol. The number of carbonyl (C=O) groups excluding carboxylic acids is 1. The highest BCUT2D eigenvalue weighted by Gasteiger charge is 2.29. The van der Waals surface area contributed by atoms with Gasteiger partial charge in [-0.1, -0.05) is 6.07 Å². The van der Waals surface area contributed by atoms with Gasteiger partial charge in [0.25, 0.3) is 0 Å². The molecule has 0 unspecified atom stereocenters. The summed E-state index contributed by atoms with van der Waals surface area (Å²) in [5, 5.41) is 23.4. The van der Waals surface area contributed by atoms with Crippen LogP contribution in [0, 0.1) is 27.4 Å². The van der Waals surface area contributed by atoms with Gasteiger partial charge in [0.05, 0.1) is 43.9 Å². The maximum atomic E-state index is 12.2. The van der Waals surface area contributed by atoms with E-state index >= 15 is 0 Å². The molecule has 1 aliphatic rings. The van der Waals surface area contributed by atoms with E-state index in [-0.39, 0.29) is 16.0 Å². The number of carbonyl (C=O) groups is 1. The van der Waals surface area contributed by atoms with Crippen LogP contribution < -0.4 is 10.6 Å². The number of nitrogens with one attached hydrogen (secondary N) is 3. The highest BCUT2D eigenvalue weighted by molar-refractivity contribution is 7.91. The van der Waals surface area contributed by atoms with Gasteiger partial charge in [0, 0.05) is 12.0 Å². The van der Waals surface area contributed by atoms with Gasteiger partial charge in [-0.15, -0.1) is 0 Å². The first-order valence-electron chi connectivity index (χ1n) is 6.24. The van der Waals surface area contributed by atoms with Crippen LogP contribution in [0.1, 0.15) is 24.1 Å². The molecule has 0 aliphatic carbocycles. The second-order valence-corrected chi connectivity index (χ2v) is 7.02. The molecule has 2 amide bonds. The number of amides is 2. The molecule has 1 aromatic carbocycles. The maximum Gasteiger partial charge on any atom is 0.319 e. The van der Waals surface area contributed by atoms with E-state index in [0.29, 0.717) is 11.3 Å². The Labute approximate surface area is 128 Å². The van der Waals surface area contributed by atoms with Crippen LogP contribution in [-0.4, -0.2) is 16.5 Å². The summed E-state index contributed by atoms with van der Waals surface area (Å²) in [5.74, 6) is 0. The van der Waals surface area contributed by atoms with E-state index in [1.807, 2.05) is 12.1 Å². The fraction of sp³-hybridized carbons (Fsp3) is 0.214. The first kappa shape index (κ1) is 15.5. The minimum atomic E-state index is -3.14. The van der Waals surface area contributed by atoms with Gasteiger partial charge < -0.3 is 10.6 Å². The minimum Gasteiger partial charge on any atom is -0.326 e. The molecule has 0 fully saturated rings. The van der Waals surface area contributed by atoms with Crippen molar-refractivity contribution in [2.75, 3.05) is 6.26 Å². The van der Waals surface area contributed by atoms with E-state index in [4.69, 9.17) is 10.0 Å². The topological polar surface area (TPSA) is 130 Å². The quantitative estimate of drug-likeness (QED) is 0.767. The monoisotopic (exact) mass is 315 g/mol. The summed E-state index contributed by atoms with van der Waals surface area (Å²) in [5.41, 5.74) is 1.32. The van der Waals surface area contributed by atoms with Crippen LogP contribution in [0.2, 0.25) is 0 Å². The SMILES string of the molecule is CC1=C(C#N)[C@@H](c2ccc(C#N)cc2[S@@](C)(=N)=O)NC(=O)N1. The molecular formula is C14H13N5O2S. The molecule has 112 valence electrons. The Bertz CT molecular complexity index is 871. The highest BCUT2D eigenvalue weighted by Crippen LogP contribution is 2.31. The molecular weight excluding hydrogens is 302 g/mol. The van der Waals surface area contributed by atoms with Gasteiger partial charge in [-0.05, 0) is 24.6 Å². The van der Waals surface area contributed by atoms with Crippen LogP contribution in [-0.2, 0) is 9.73 Å². The van der Waals surface area contributed by atoms with Gasteiger partial charge >= 0.3 is 6.03 Å². The standard InChI is InChI=1S/C14H13N5O2S/c1-8-11(7-16)13(19-14(20)18-8)10-4-3-9(6-15)5-12(10)22(2,17)21/h3-5,13,17H,1-2H3,(H2,18,19,20)/t13-,22+/m1/s1. The number of hydrogen-bond donors (Lipinski definition) is 3. The summed E-state index contributed by atoms with van der Waals surface area (Å²) < 4.78 is 20.0. The van der Waals surface area contributed by atoms with Gasteiger partial charge in [0.15, 0.2) is 0 Å². The molecule has 0 spiro atoms. The zero-order chi connectivity index (χ0) is 16.5. The normalized spacial score (nSPS) is 20.2. The number of hydrogen-bond acceptors (Lipinski definition) is 5. The molecule has 8 heteroatoms. The summed E-state index contributed by atoms with van der Waals surface area (Å²) in [6, 6.07) is 7.05. The molecule has 7 nitrogen and oxygen atoms in total. The van der Waals surface area contributed by atoms with Crippen molar-refractivity contribution in [3.8, 4) is 12.1 Å². The Balaban J connectivity index is 2.72. The first-order chi connectivity index (χ1) is 10.3. The van der Waals surface area contributed by atoms with Crippen molar-refractivity contribution in [1.82, 2.24) is 10.6 Å². The van der Waals surface area contributed by atoms with Gasteiger partial charge in [0.1, 0.15) is 0 Å². The van der Waals surface area contributed by atoms with Crippen molar-refractivity contribution in [1.29, 1.82) is 15.3 Å². The van der Waals surface area contributed by atoms with Crippen LogP contribution in [0.3, 0.4) is 0 Å². The summed E-state index contributed by atoms with van der Waals surface area (Å²) >= 11 is 0. The third-order valence-electron chi connectivity index (χ3n) is 3.26. The van der Waals surface area contributed by atoms with E-state index in [9.17, 15) is 14.3 Å². The lowest BCUT2D eigenvalue weighted by atomic mass is 9.96. The van der Waals surface area contributed by atoms with Crippen LogP contribution >= 0.6 is 0 Å². The third-order valence-corrected chi connectivity index (χ3v) is 4.46. The second-order valence-electron chi connectivity index (χ2n) is 4.89. The molecule has 2 atom stereocenters. The summed E-state index contributed by atoms with van der Waals surface area (Å²) in [6.07, 6.45) is 1.23. The van der Waals surface area contributed by atoms with E-state index in [1.165, 1.54) is 24.5 Å². The van der Waals surface area contributed by atoms with Crippen molar-refractivity contribution in [2.45, 2.75) is 17.9 Å². The summed E-state index contributed by atoms with van der Waals surface area (Å²) in [4.78, 5) is 11.8. The lowest BCUT2D eigenvalue weighted by Gasteiger charge is -2.27. The predicted octanol–water partition coefficient (Wildman–Crippen LogP) is 1.75. The number of benzene rings is 1. The van der Waals surface area contributed by atoms with Gasteiger partial charge in [-0.2, -0.15) is 10.5 Å². The lowest BCUT2D eigenvalue weighted by molar-refractivity contribution is 0.238. The van der Waals surface area contributed by atoms with Crippen LogP contribution in [0.15, 0.2) is 34.4 Å². The molecule has 0 radical (unpaired) electrons. The Morgan fingerprint density at radius 2 is 2.00 bits per heavy atom. The van der Waals surface area contributed by atoms with E-state index in [1.54, 1.807) is 6.92 Å². The summed E-state index contributed by atoms with van der Waals surface area (Å²) in [6.45, 7) is 1.59. The van der Waals surface area contributed by atoms with E-state index < -0.39 is 21.8 Å². The van der Waals surface area contributed by atoms with Crippen molar-refractivity contribution >= 4 is 15.8 Å². The molecule has 2 rings (SSSR count). The molecule has 1 aliphatic heterocycles. The van der Waals surface area contributed by atoms with Gasteiger partial charge in [-0.3, -0.25) is 0 Å². The van der Waals surface area contributed by atoms with Crippen LogP contribution in [0.4, 0.5) is 4.79 Å². The first-order valence-corrected chi connectivity index (χ1v) is 8.20. The molecule has 0 aromatic heterocycles. The largest absolute Gasteiger partial charge is 0.326 e. The number of nitrogens with zero attached hydrogens (tertiary/aromatic N) is 2. The average Bonchev–Trinajstić information content (AvgIpc) is 2.45. The maximum absolute atomic E-state index is 12.2. The van der Waals surface area contributed by atoms with Crippen molar-refractivity contribution in [2.24, 2.45) is 0 Å². The Morgan fingerprint density at radius 3 is 2.55 bits per heavy atom. The zero-order valence-corrected chi connectivity index (χ0v) is 12.7. The van der Waals surface area contributed by atoms with Crippen molar-refractivity contribution in [3.05, 3.63) is 40.6 Å². The fourth-order valence-electron chi connectivity index (χ4n) is 2.25. The number of nitriles is 2. The number of urea groups is 1. The average molecular weight is 315 g/mol. The Morgan fingerprint density at radius 1 is 1.32 bits per heavy atom. The molecule has 0 bridgehead atoms. The molecule has 0 saturated carbocycles. The molecule has 0 saturated heterocycles. The number of allylic oxidation sites excluding steroid dienone is 1. The van der Waals surface area contributed by atoms with Crippen LogP contribution in [0.25, 0.3) is 0 Å². The molecule has 1 heterocycles. The Hall–Kier alpha value is -2.84. The summed E-state index contributed by atoms with van der Waals surface area (Å²) in [7, 11) is -3.14. The highest BCUT2D eigenvalue weighted by atomic mass is 32.2. The van der Waals surface area contributed by atoms with E-state index in [2.05, 4.69) is 10.6 Å². The third kappa shape index (κ3) is 2.78. The lowest BCUT2D eigenvalue weighted by Crippen LogP contribution is -2.43. The second kappa shape index (κ2) is 5.51.